The van der Waals surface area contributed by atoms with E-state index in [-0.39, 0.29) is 24.0 Å². The van der Waals surface area contributed by atoms with E-state index in [1.54, 1.807) is 7.05 Å². The molecule has 2 aliphatic heterocycles. The van der Waals surface area contributed by atoms with Gasteiger partial charge in [0.2, 0.25) is 5.91 Å². The van der Waals surface area contributed by atoms with E-state index in [4.69, 9.17) is 4.74 Å². The van der Waals surface area contributed by atoms with Gasteiger partial charge < -0.3 is 15.0 Å². The summed E-state index contributed by atoms with van der Waals surface area (Å²) in [5.41, 5.74) is 1.77. The summed E-state index contributed by atoms with van der Waals surface area (Å²) in [4.78, 5) is 25.9. The first kappa shape index (κ1) is 15.0. The molecule has 2 saturated heterocycles. The van der Waals surface area contributed by atoms with Gasteiger partial charge in [-0.2, -0.15) is 0 Å². The van der Waals surface area contributed by atoms with Crippen molar-refractivity contribution in [1.29, 1.82) is 0 Å². The minimum absolute atomic E-state index is 0.00864. The number of amides is 2. The minimum Gasteiger partial charge on any atom is -0.372 e. The predicted octanol–water partition coefficient (Wildman–Crippen LogP) is 1.36. The van der Waals surface area contributed by atoms with Gasteiger partial charge in [-0.1, -0.05) is 18.2 Å². The number of hydrogen-bond acceptors (Lipinski definition) is 3. The van der Waals surface area contributed by atoms with Gasteiger partial charge in [0.25, 0.3) is 5.91 Å². The van der Waals surface area contributed by atoms with Crippen LogP contribution in [0, 0.1) is 12.8 Å². The lowest BCUT2D eigenvalue weighted by Gasteiger charge is -2.20. The SMILES string of the molecule is CNC(=O)C[C@@H]1C[C@H]2CN(C(=O)c3ccccc3C)C[C@H]2O1. The first-order chi connectivity index (χ1) is 10.6. The number of fused-ring (bicyclic) bond motifs is 1. The molecule has 2 amide bonds. The van der Waals surface area contributed by atoms with E-state index in [0.29, 0.717) is 18.9 Å². The molecule has 2 aliphatic rings. The fourth-order valence-electron chi connectivity index (χ4n) is 3.45. The molecule has 1 N–H and O–H groups in total. The number of likely N-dealkylation sites (tertiary alicyclic amines) is 1. The normalized spacial score (nSPS) is 26.8. The highest BCUT2D eigenvalue weighted by atomic mass is 16.5. The number of hydrogen-bond donors (Lipinski definition) is 1. The van der Waals surface area contributed by atoms with Crippen molar-refractivity contribution in [3.05, 3.63) is 35.4 Å². The molecule has 118 valence electrons. The first-order valence-electron chi connectivity index (χ1n) is 7.79. The third-order valence-electron chi connectivity index (χ3n) is 4.67. The van der Waals surface area contributed by atoms with Crippen molar-refractivity contribution in [3.63, 3.8) is 0 Å². The molecule has 0 aromatic heterocycles. The zero-order chi connectivity index (χ0) is 15.7. The Morgan fingerprint density at radius 2 is 2.09 bits per heavy atom. The summed E-state index contributed by atoms with van der Waals surface area (Å²) >= 11 is 0. The topological polar surface area (TPSA) is 58.6 Å². The van der Waals surface area contributed by atoms with E-state index in [1.165, 1.54) is 0 Å². The van der Waals surface area contributed by atoms with Crippen molar-refractivity contribution in [2.75, 3.05) is 20.1 Å². The molecule has 2 fully saturated rings. The zero-order valence-corrected chi connectivity index (χ0v) is 13.0. The largest absolute Gasteiger partial charge is 0.372 e. The number of nitrogens with one attached hydrogen (secondary N) is 1. The predicted molar refractivity (Wildman–Crippen MR) is 82.5 cm³/mol. The van der Waals surface area contributed by atoms with Crippen molar-refractivity contribution < 1.29 is 14.3 Å². The van der Waals surface area contributed by atoms with Gasteiger partial charge >= 0.3 is 0 Å². The number of rotatable bonds is 3. The maximum absolute atomic E-state index is 12.6. The second kappa shape index (κ2) is 6.08. The fourth-order valence-corrected chi connectivity index (χ4v) is 3.45. The zero-order valence-electron chi connectivity index (χ0n) is 13.0. The molecular formula is C17H22N2O3. The lowest BCUT2D eigenvalue weighted by Crippen LogP contribution is -2.32. The van der Waals surface area contributed by atoms with Crippen LogP contribution in [-0.2, 0) is 9.53 Å². The van der Waals surface area contributed by atoms with Crippen molar-refractivity contribution in [2.24, 2.45) is 5.92 Å². The molecule has 0 radical (unpaired) electrons. The molecule has 3 rings (SSSR count). The summed E-state index contributed by atoms with van der Waals surface area (Å²) in [6.07, 6.45) is 1.33. The Balaban J connectivity index is 1.60. The van der Waals surface area contributed by atoms with Gasteiger partial charge in [0.1, 0.15) is 0 Å². The molecule has 0 aliphatic carbocycles. The van der Waals surface area contributed by atoms with E-state index < -0.39 is 0 Å². The molecule has 1 aromatic carbocycles. The standard InChI is InChI=1S/C17H22N2O3/c1-11-5-3-4-6-14(11)17(21)19-9-12-7-13(8-16(20)18-2)22-15(12)10-19/h3-6,12-13,15H,7-10H2,1-2H3,(H,18,20)/t12-,13-,15+/m0/s1. The van der Waals surface area contributed by atoms with Gasteiger partial charge in [-0.3, -0.25) is 9.59 Å². The molecule has 2 heterocycles. The Morgan fingerprint density at radius 1 is 1.32 bits per heavy atom. The van der Waals surface area contributed by atoms with Crippen LogP contribution >= 0.6 is 0 Å². The summed E-state index contributed by atoms with van der Waals surface area (Å²) in [7, 11) is 1.64. The van der Waals surface area contributed by atoms with Crippen LogP contribution in [0.2, 0.25) is 0 Å². The fraction of sp³-hybridized carbons (Fsp3) is 0.529. The van der Waals surface area contributed by atoms with Crippen molar-refractivity contribution in [2.45, 2.75) is 32.0 Å². The van der Waals surface area contributed by atoms with Gasteiger partial charge in [0, 0.05) is 31.6 Å². The number of ether oxygens (including phenoxy) is 1. The molecule has 0 bridgehead atoms. The number of benzene rings is 1. The molecule has 5 heteroatoms. The number of aryl methyl sites for hydroxylation is 1. The Kier molecular flexibility index (Phi) is 4.16. The molecule has 22 heavy (non-hydrogen) atoms. The van der Waals surface area contributed by atoms with Crippen LogP contribution in [0.4, 0.5) is 0 Å². The third-order valence-corrected chi connectivity index (χ3v) is 4.67. The van der Waals surface area contributed by atoms with E-state index in [1.807, 2.05) is 36.1 Å². The third kappa shape index (κ3) is 2.86. The Morgan fingerprint density at radius 3 is 2.77 bits per heavy atom. The average Bonchev–Trinajstić information content (AvgIpc) is 3.05. The van der Waals surface area contributed by atoms with E-state index >= 15 is 0 Å². The van der Waals surface area contributed by atoms with E-state index in [2.05, 4.69) is 5.32 Å². The average molecular weight is 302 g/mol. The summed E-state index contributed by atoms with van der Waals surface area (Å²) < 4.78 is 5.95. The van der Waals surface area contributed by atoms with Crippen LogP contribution in [0.3, 0.4) is 0 Å². The maximum atomic E-state index is 12.6. The van der Waals surface area contributed by atoms with Crippen LogP contribution < -0.4 is 5.32 Å². The second-order valence-electron chi connectivity index (χ2n) is 6.19. The Hall–Kier alpha value is -1.88. The maximum Gasteiger partial charge on any atom is 0.254 e. The molecule has 5 nitrogen and oxygen atoms in total. The van der Waals surface area contributed by atoms with Gasteiger partial charge in [-0.15, -0.1) is 0 Å². The van der Waals surface area contributed by atoms with Gasteiger partial charge in [-0.05, 0) is 25.0 Å². The van der Waals surface area contributed by atoms with Crippen LogP contribution in [-0.4, -0.2) is 49.1 Å². The summed E-state index contributed by atoms with van der Waals surface area (Å²) in [5.74, 6) is 0.444. The van der Waals surface area contributed by atoms with Gasteiger partial charge in [0.15, 0.2) is 0 Å². The van der Waals surface area contributed by atoms with E-state index in [9.17, 15) is 9.59 Å². The quantitative estimate of drug-likeness (QED) is 0.917. The lowest BCUT2D eigenvalue weighted by atomic mass is 10.0. The smallest absolute Gasteiger partial charge is 0.254 e. The van der Waals surface area contributed by atoms with Crippen LogP contribution in [0.5, 0.6) is 0 Å². The summed E-state index contributed by atoms with van der Waals surface area (Å²) in [6.45, 7) is 3.31. The minimum atomic E-state index is -0.00864. The number of carbonyl (C=O) groups is 2. The second-order valence-corrected chi connectivity index (χ2v) is 6.19. The molecule has 0 unspecified atom stereocenters. The number of nitrogens with zero attached hydrogens (tertiary/aromatic N) is 1. The summed E-state index contributed by atoms with van der Waals surface area (Å²) in [5, 5.41) is 2.63. The van der Waals surface area contributed by atoms with Crippen LogP contribution in [0.25, 0.3) is 0 Å². The molecule has 1 aromatic rings. The Bertz CT molecular complexity index is 573. The summed E-state index contributed by atoms with van der Waals surface area (Å²) in [6, 6.07) is 7.67. The first-order valence-corrected chi connectivity index (χ1v) is 7.79. The van der Waals surface area contributed by atoms with Crippen LogP contribution in [0.15, 0.2) is 24.3 Å². The highest BCUT2D eigenvalue weighted by molar-refractivity contribution is 5.95. The highest BCUT2D eigenvalue weighted by Crippen LogP contribution is 2.34. The number of carbonyl (C=O) groups excluding carboxylic acids is 2. The van der Waals surface area contributed by atoms with Gasteiger partial charge in [0.05, 0.1) is 18.6 Å². The van der Waals surface area contributed by atoms with E-state index in [0.717, 1.165) is 24.1 Å². The van der Waals surface area contributed by atoms with Gasteiger partial charge in [-0.25, -0.2) is 0 Å². The monoisotopic (exact) mass is 302 g/mol. The van der Waals surface area contributed by atoms with Crippen molar-refractivity contribution >= 4 is 11.8 Å². The molecule has 3 atom stereocenters. The van der Waals surface area contributed by atoms with Crippen molar-refractivity contribution in [3.8, 4) is 0 Å². The lowest BCUT2D eigenvalue weighted by molar-refractivity contribution is -0.123. The molecule has 0 saturated carbocycles. The van der Waals surface area contributed by atoms with Crippen LogP contribution in [0.1, 0.15) is 28.8 Å². The van der Waals surface area contributed by atoms with Crippen molar-refractivity contribution in [1.82, 2.24) is 10.2 Å². The highest BCUT2D eigenvalue weighted by Gasteiger charge is 2.43. The molecular weight excluding hydrogens is 280 g/mol. The molecule has 0 spiro atoms. The Labute approximate surface area is 130 Å².